The normalized spacial score (nSPS) is 10.1. The van der Waals surface area contributed by atoms with Crippen LogP contribution in [-0.4, -0.2) is 13.0 Å². The number of amides is 1. The minimum absolute atomic E-state index is 0.229. The molecule has 0 fully saturated rings. The molecule has 2 rings (SSSR count). The van der Waals surface area contributed by atoms with Crippen molar-refractivity contribution in [1.29, 1.82) is 0 Å². The molecule has 1 heterocycles. The average Bonchev–Trinajstić information content (AvgIpc) is 2.78. The Morgan fingerprint density at radius 3 is 2.78 bits per heavy atom. The lowest BCUT2D eigenvalue weighted by Gasteiger charge is -2.08. The van der Waals surface area contributed by atoms with Gasteiger partial charge in [0.05, 0.1) is 24.6 Å². The second kappa shape index (κ2) is 4.83. The average molecular weight is 246 g/mol. The van der Waals surface area contributed by atoms with E-state index in [2.05, 4.69) is 5.32 Å². The molecule has 5 nitrogen and oxygen atoms in total. The van der Waals surface area contributed by atoms with Crippen LogP contribution in [0, 0.1) is 6.92 Å². The van der Waals surface area contributed by atoms with Crippen molar-refractivity contribution in [3.8, 4) is 5.75 Å². The number of nitrogens with two attached hydrogens (primary N) is 1. The van der Waals surface area contributed by atoms with Crippen molar-refractivity contribution in [2.45, 2.75) is 6.92 Å². The molecular weight excluding hydrogens is 232 g/mol. The zero-order valence-electron chi connectivity index (χ0n) is 10.2. The van der Waals surface area contributed by atoms with Gasteiger partial charge in [0.15, 0.2) is 0 Å². The molecule has 0 aliphatic rings. The van der Waals surface area contributed by atoms with E-state index in [9.17, 15) is 4.79 Å². The standard InChI is InChI=1S/C13H14N2O3/c1-8-10(5-6-18-8)13(16)15-9-3-4-11(14)12(7-9)17-2/h3-7H,14H2,1-2H3,(H,15,16). The molecule has 1 amide bonds. The maximum atomic E-state index is 11.9. The summed E-state index contributed by atoms with van der Waals surface area (Å²) in [5.41, 5.74) is 7.34. The number of carbonyl (C=O) groups excluding carboxylic acids is 1. The van der Waals surface area contributed by atoms with Gasteiger partial charge in [-0.05, 0) is 25.1 Å². The number of aryl methyl sites for hydroxylation is 1. The van der Waals surface area contributed by atoms with Gasteiger partial charge >= 0.3 is 0 Å². The predicted octanol–water partition coefficient (Wildman–Crippen LogP) is 2.43. The fourth-order valence-electron chi connectivity index (χ4n) is 1.61. The molecule has 1 aromatic heterocycles. The molecule has 0 saturated heterocycles. The van der Waals surface area contributed by atoms with Crippen LogP contribution in [0.5, 0.6) is 5.75 Å². The summed E-state index contributed by atoms with van der Waals surface area (Å²) < 4.78 is 10.2. The first-order valence-electron chi connectivity index (χ1n) is 5.41. The third-order valence-electron chi connectivity index (χ3n) is 2.59. The maximum Gasteiger partial charge on any atom is 0.259 e. The highest BCUT2D eigenvalue weighted by molar-refractivity contribution is 6.05. The molecule has 1 aromatic carbocycles. The molecule has 0 aliphatic heterocycles. The number of anilines is 2. The zero-order valence-corrected chi connectivity index (χ0v) is 10.2. The molecule has 0 aliphatic carbocycles. The van der Waals surface area contributed by atoms with Crippen molar-refractivity contribution in [2.75, 3.05) is 18.2 Å². The molecule has 18 heavy (non-hydrogen) atoms. The van der Waals surface area contributed by atoms with E-state index in [1.54, 1.807) is 31.2 Å². The molecule has 2 aromatic rings. The van der Waals surface area contributed by atoms with E-state index < -0.39 is 0 Å². The van der Waals surface area contributed by atoms with Gasteiger partial charge < -0.3 is 20.2 Å². The summed E-state index contributed by atoms with van der Waals surface area (Å²) in [6, 6.07) is 6.68. The molecule has 0 atom stereocenters. The van der Waals surface area contributed by atoms with E-state index in [0.717, 1.165) is 0 Å². The summed E-state index contributed by atoms with van der Waals surface area (Å²) in [4.78, 5) is 11.9. The molecule has 94 valence electrons. The molecule has 3 N–H and O–H groups in total. The second-order valence-corrected chi connectivity index (χ2v) is 3.80. The van der Waals surface area contributed by atoms with Crippen molar-refractivity contribution in [3.63, 3.8) is 0 Å². The minimum atomic E-state index is -0.229. The van der Waals surface area contributed by atoms with E-state index >= 15 is 0 Å². The molecule has 0 radical (unpaired) electrons. The molecule has 0 unspecified atom stereocenters. The van der Waals surface area contributed by atoms with Gasteiger partial charge in [-0.1, -0.05) is 0 Å². The number of hydrogen-bond acceptors (Lipinski definition) is 4. The Hall–Kier alpha value is -2.43. The maximum absolute atomic E-state index is 11.9. The number of furan rings is 1. The van der Waals surface area contributed by atoms with E-state index in [-0.39, 0.29) is 5.91 Å². The van der Waals surface area contributed by atoms with Gasteiger partial charge in [-0.15, -0.1) is 0 Å². The Kier molecular flexibility index (Phi) is 3.23. The molecule has 0 spiro atoms. The summed E-state index contributed by atoms with van der Waals surface area (Å²) in [7, 11) is 1.53. The SMILES string of the molecule is COc1cc(NC(=O)c2ccoc2C)ccc1N. The van der Waals surface area contributed by atoms with Gasteiger partial charge in [-0.25, -0.2) is 0 Å². The van der Waals surface area contributed by atoms with Crippen molar-refractivity contribution in [1.82, 2.24) is 0 Å². The highest BCUT2D eigenvalue weighted by Crippen LogP contribution is 2.25. The number of hydrogen-bond donors (Lipinski definition) is 2. The van der Waals surface area contributed by atoms with Crippen LogP contribution < -0.4 is 15.8 Å². The first-order chi connectivity index (χ1) is 8.61. The van der Waals surface area contributed by atoms with Crippen molar-refractivity contribution in [2.24, 2.45) is 0 Å². The monoisotopic (exact) mass is 246 g/mol. The number of carbonyl (C=O) groups is 1. The van der Waals surface area contributed by atoms with E-state index in [4.69, 9.17) is 14.9 Å². The Labute approximate surface area is 105 Å². The zero-order chi connectivity index (χ0) is 13.1. The molecule has 0 bridgehead atoms. The van der Waals surface area contributed by atoms with Crippen LogP contribution in [0.4, 0.5) is 11.4 Å². The fourth-order valence-corrected chi connectivity index (χ4v) is 1.61. The van der Waals surface area contributed by atoms with Crippen molar-refractivity contribution >= 4 is 17.3 Å². The van der Waals surface area contributed by atoms with Gasteiger partial charge in [0.1, 0.15) is 11.5 Å². The van der Waals surface area contributed by atoms with Crippen LogP contribution in [0.25, 0.3) is 0 Å². The van der Waals surface area contributed by atoms with Gasteiger partial charge in [-0.3, -0.25) is 4.79 Å². The molecule has 5 heteroatoms. The summed E-state index contributed by atoms with van der Waals surface area (Å²) in [5, 5.41) is 2.75. The van der Waals surface area contributed by atoms with Crippen LogP contribution in [0.3, 0.4) is 0 Å². The van der Waals surface area contributed by atoms with Gasteiger partial charge in [-0.2, -0.15) is 0 Å². The van der Waals surface area contributed by atoms with Crippen LogP contribution in [-0.2, 0) is 0 Å². The van der Waals surface area contributed by atoms with E-state index in [1.165, 1.54) is 13.4 Å². The topological polar surface area (TPSA) is 77.5 Å². The minimum Gasteiger partial charge on any atom is -0.495 e. The summed E-state index contributed by atoms with van der Waals surface area (Å²) in [6.45, 7) is 1.73. The quantitative estimate of drug-likeness (QED) is 0.815. The number of rotatable bonds is 3. The summed E-state index contributed by atoms with van der Waals surface area (Å²) in [5.74, 6) is 0.875. The van der Waals surface area contributed by atoms with Crippen LogP contribution in [0.1, 0.15) is 16.1 Å². The van der Waals surface area contributed by atoms with Gasteiger partial charge in [0.2, 0.25) is 0 Å². The van der Waals surface area contributed by atoms with Crippen LogP contribution >= 0.6 is 0 Å². The molecular formula is C13H14N2O3. The number of benzene rings is 1. The van der Waals surface area contributed by atoms with Gasteiger partial charge in [0, 0.05) is 11.8 Å². The number of nitrogen functional groups attached to an aromatic ring is 1. The Bertz CT molecular complexity index is 575. The largest absolute Gasteiger partial charge is 0.495 e. The fraction of sp³-hybridized carbons (Fsp3) is 0.154. The van der Waals surface area contributed by atoms with E-state index in [0.29, 0.717) is 28.4 Å². The number of ether oxygens (including phenoxy) is 1. The van der Waals surface area contributed by atoms with Crippen molar-refractivity contribution in [3.05, 3.63) is 41.9 Å². The molecule has 0 saturated carbocycles. The number of nitrogens with one attached hydrogen (secondary N) is 1. The van der Waals surface area contributed by atoms with Crippen LogP contribution in [0.15, 0.2) is 34.9 Å². The lowest BCUT2D eigenvalue weighted by Crippen LogP contribution is -2.12. The second-order valence-electron chi connectivity index (χ2n) is 3.80. The van der Waals surface area contributed by atoms with Gasteiger partial charge in [0.25, 0.3) is 5.91 Å². The number of methoxy groups -OCH3 is 1. The van der Waals surface area contributed by atoms with Crippen LogP contribution in [0.2, 0.25) is 0 Å². The predicted molar refractivity (Wildman–Crippen MR) is 68.8 cm³/mol. The third-order valence-corrected chi connectivity index (χ3v) is 2.59. The Morgan fingerprint density at radius 2 is 2.17 bits per heavy atom. The first-order valence-corrected chi connectivity index (χ1v) is 5.41. The third kappa shape index (κ3) is 2.29. The lowest BCUT2D eigenvalue weighted by molar-refractivity contribution is 0.102. The lowest BCUT2D eigenvalue weighted by atomic mass is 10.2. The highest BCUT2D eigenvalue weighted by Gasteiger charge is 2.12. The van der Waals surface area contributed by atoms with E-state index in [1.807, 2.05) is 0 Å². The Morgan fingerprint density at radius 1 is 1.39 bits per heavy atom. The Balaban J connectivity index is 2.20. The highest BCUT2D eigenvalue weighted by atomic mass is 16.5. The van der Waals surface area contributed by atoms with Crippen molar-refractivity contribution < 1.29 is 13.9 Å². The summed E-state index contributed by atoms with van der Waals surface area (Å²) in [6.07, 6.45) is 1.48. The summed E-state index contributed by atoms with van der Waals surface area (Å²) >= 11 is 0. The first kappa shape index (κ1) is 12.0. The smallest absolute Gasteiger partial charge is 0.259 e.